The zero-order valence-electron chi connectivity index (χ0n) is 20.8. The van der Waals surface area contributed by atoms with Crippen LogP contribution >= 0.6 is 0 Å². The number of aliphatic hydroxyl groups excluding tert-OH is 1. The molecule has 7 nitrogen and oxygen atoms in total. The van der Waals surface area contributed by atoms with Crippen LogP contribution in [0.3, 0.4) is 0 Å². The number of nitrogens with two attached hydrogens (primary N) is 1. The number of benzene rings is 3. The van der Waals surface area contributed by atoms with Gasteiger partial charge in [0.1, 0.15) is 11.6 Å². The lowest BCUT2D eigenvalue weighted by Crippen LogP contribution is -2.32. The van der Waals surface area contributed by atoms with Gasteiger partial charge >= 0.3 is 0 Å². The van der Waals surface area contributed by atoms with Crippen molar-refractivity contribution in [3.8, 4) is 16.9 Å². The van der Waals surface area contributed by atoms with Crippen molar-refractivity contribution in [2.24, 2.45) is 0 Å². The third-order valence-corrected chi connectivity index (χ3v) is 6.22. The van der Waals surface area contributed by atoms with Crippen LogP contribution in [-0.4, -0.2) is 33.7 Å². The van der Waals surface area contributed by atoms with Crippen molar-refractivity contribution in [2.75, 3.05) is 12.3 Å². The average molecular weight is 497 g/mol. The van der Waals surface area contributed by atoms with Crippen LogP contribution in [-0.2, 0) is 13.0 Å². The number of carbonyl (C=O) groups excluding carboxylic acids is 1. The van der Waals surface area contributed by atoms with Gasteiger partial charge in [-0.25, -0.2) is 4.98 Å². The highest BCUT2D eigenvalue weighted by atomic mass is 16.3. The lowest BCUT2D eigenvalue weighted by Gasteiger charge is -2.18. The van der Waals surface area contributed by atoms with Crippen molar-refractivity contribution in [3.63, 3.8) is 0 Å². The molecule has 4 aromatic rings. The van der Waals surface area contributed by atoms with Crippen molar-refractivity contribution in [1.82, 2.24) is 15.6 Å². The molecule has 0 aliphatic rings. The first-order valence-corrected chi connectivity index (χ1v) is 12.3. The molecule has 1 aromatic heterocycles. The van der Waals surface area contributed by atoms with Crippen LogP contribution in [0.4, 0.5) is 5.82 Å². The first-order valence-electron chi connectivity index (χ1n) is 12.3. The summed E-state index contributed by atoms with van der Waals surface area (Å²) in [6, 6.07) is 26.0. The Morgan fingerprint density at radius 2 is 1.78 bits per heavy atom. The molecule has 0 radical (unpaired) electrons. The van der Waals surface area contributed by atoms with Gasteiger partial charge in [0.25, 0.3) is 5.91 Å². The van der Waals surface area contributed by atoms with Crippen LogP contribution in [0, 0.1) is 0 Å². The van der Waals surface area contributed by atoms with Crippen LogP contribution in [0.1, 0.15) is 40.1 Å². The maximum absolute atomic E-state index is 12.9. The Balaban J connectivity index is 1.33. The number of aromatic hydroxyl groups is 1. The van der Waals surface area contributed by atoms with E-state index in [1.165, 1.54) is 0 Å². The number of phenols is 1. The molecule has 0 spiro atoms. The molecule has 0 fully saturated rings. The molecule has 190 valence electrons. The van der Waals surface area contributed by atoms with Crippen LogP contribution in [0.15, 0.2) is 91.1 Å². The Labute approximate surface area is 217 Å². The summed E-state index contributed by atoms with van der Waals surface area (Å²) in [5.41, 5.74) is 10.9. The summed E-state index contributed by atoms with van der Waals surface area (Å²) in [7, 11) is 0. The van der Waals surface area contributed by atoms with E-state index in [1.807, 2.05) is 61.5 Å². The second kappa shape index (κ2) is 12.2. The number of nitrogens with zero attached hydrogens (tertiary/aromatic N) is 1. The maximum Gasteiger partial charge on any atom is 0.251 e. The van der Waals surface area contributed by atoms with Gasteiger partial charge in [-0.3, -0.25) is 4.79 Å². The fraction of sp³-hybridized carbons (Fsp3) is 0.200. The molecule has 0 aliphatic carbocycles. The number of anilines is 1. The van der Waals surface area contributed by atoms with Crippen LogP contribution in [0.25, 0.3) is 11.1 Å². The third-order valence-electron chi connectivity index (χ3n) is 6.22. The van der Waals surface area contributed by atoms with Gasteiger partial charge in [0.05, 0.1) is 6.10 Å². The molecular formula is C30H32N4O3. The second-order valence-electron chi connectivity index (χ2n) is 9.13. The Hall–Kier alpha value is -4.20. The standard InChI is InChI=1S/C30H32N4O3/c1-20(32-19-28(36)25-11-14-29(31)33-18-25)15-21-5-4-7-23(16-21)30(37)34-17-24-6-2-3-8-27(24)22-9-12-26(35)13-10-22/h2-14,16,18,20,28,32,35-36H,15,17,19H2,1H3,(H2,31,33)(H,34,37)/t20-,28+/m1/s1. The highest BCUT2D eigenvalue weighted by Crippen LogP contribution is 2.25. The van der Waals surface area contributed by atoms with Gasteiger partial charge in [0.2, 0.25) is 0 Å². The zero-order chi connectivity index (χ0) is 26.2. The molecule has 6 N–H and O–H groups in total. The number of amides is 1. The van der Waals surface area contributed by atoms with Crippen molar-refractivity contribution in [1.29, 1.82) is 0 Å². The lowest BCUT2D eigenvalue weighted by atomic mass is 9.99. The number of nitrogen functional groups attached to an aromatic ring is 1. The second-order valence-corrected chi connectivity index (χ2v) is 9.13. The topological polar surface area (TPSA) is 120 Å². The average Bonchev–Trinajstić information content (AvgIpc) is 2.91. The number of aliphatic hydroxyl groups is 1. The molecule has 1 amide bonds. The van der Waals surface area contributed by atoms with E-state index in [0.717, 1.165) is 22.3 Å². The Kier molecular flexibility index (Phi) is 8.51. The largest absolute Gasteiger partial charge is 0.508 e. The summed E-state index contributed by atoms with van der Waals surface area (Å²) in [4.78, 5) is 17.0. The smallest absolute Gasteiger partial charge is 0.251 e. The summed E-state index contributed by atoms with van der Waals surface area (Å²) in [5.74, 6) is 0.492. The number of aromatic nitrogens is 1. The molecule has 3 aromatic carbocycles. The number of hydrogen-bond acceptors (Lipinski definition) is 6. The number of phenolic OH excluding ortho intramolecular Hbond substituents is 1. The Morgan fingerprint density at radius 3 is 2.54 bits per heavy atom. The number of hydrogen-bond donors (Lipinski definition) is 5. The number of rotatable bonds is 10. The highest BCUT2D eigenvalue weighted by molar-refractivity contribution is 5.94. The van der Waals surface area contributed by atoms with E-state index in [-0.39, 0.29) is 17.7 Å². The lowest BCUT2D eigenvalue weighted by molar-refractivity contribution is 0.0951. The van der Waals surface area contributed by atoms with Crippen LogP contribution < -0.4 is 16.4 Å². The summed E-state index contributed by atoms with van der Waals surface area (Å²) >= 11 is 0. The van der Waals surface area contributed by atoms with Gasteiger partial charge < -0.3 is 26.6 Å². The number of pyridine rings is 1. The first kappa shape index (κ1) is 25.9. The maximum atomic E-state index is 12.9. The van der Waals surface area contributed by atoms with Crippen molar-refractivity contribution >= 4 is 11.7 Å². The monoisotopic (exact) mass is 496 g/mol. The fourth-order valence-corrected chi connectivity index (χ4v) is 4.18. The normalized spacial score (nSPS) is 12.6. The summed E-state index contributed by atoms with van der Waals surface area (Å²) in [5, 5.41) is 26.3. The molecule has 0 saturated heterocycles. The predicted octanol–water partition coefficient (Wildman–Crippen LogP) is 4.22. The van der Waals surface area contributed by atoms with E-state index in [9.17, 15) is 15.0 Å². The molecule has 7 heteroatoms. The zero-order valence-corrected chi connectivity index (χ0v) is 20.8. The summed E-state index contributed by atoms with van der Waals surface area (Å²) in [6.45, 7) is 2.81. The van der Waals surface area contributed by atoms with Crippen LogP contribution in [0.5, 0.6) is 5.75 Å². The van der Waals surface area contributed by atoms with E-state index in [2.05, 4.69) is 15.6 Å². The molecule has 0 saturated carbocycles. The van der Waals surface area contributed by atoms with Gasteiger partial charge in [0, 0.05) is 36.5 Å². The molecule has 0 aliphatic heterocycles. The van der Waals surface area contributed by atoms with E-state index in [4.69, 9.17) is 5.73 Å². The quantitative estimate of drug-likeness (QED) is 0.224. The van der Waals surface area contributed by atoms with Gasteiger partial charge in [-0.1, -0.05) is 54.6 Å². The van der Waals surface area contributed by atoms with Crippen molar-refractivity contribution in [2.45, 2.75) is 32.0 Å². The molecule has 0 unspecified atom stereocenters. The molecule has 0 bridgehead atoms. The van der Waals surface area contributed by atoms with Crippen molar-refractivity contribution in [3.05, 3.63) is 113 Å². The molecule has 2 atom stereocenters. The molecule has 37 heavy (non-hydrogen) atoms. The SMILES string of the molecule is C[C@H](Cc1cccc(C(=O)NCc2ccccc2-c2ccc(O)cc2)c1)NC[C@H](O)c1ccc(N)nc1. The van der Waals surface area contributed by atoms with Gasteiger partial charge in [-0.05, 0) is 65.9 Å². The predicted molar refractivity (Wildman–Crippen MR) is 146 cm³/mol. The van der Waals surface area contributed by atoms with Crippen molar-refractivity contribution < 1.29 is 15.0 Å². The van der Waals surface area contributed by atoms with E-state index >= 15 is 0 Å². The summed E-state index contributed by atoms with van der Waals surface area (Å²) < 4.78 is 0. The fourth-order valence-electron chi connectivity index (χ4n) is 4.18. The molecule has 1 heterocycles. The molecule has 4 rings (SSSR count). The van der Waals surface area contributed by atoms with E-state index < -0.39 is 6.10 Å². The third kappa shape index (κ3) is 7.16. The van der Waals surface area contributed by atoms with E-state index in [0.29, 0.717) is 36.5 Å². The minimum Gasteiger partial charge on any atom is -0.508 e. The highest BCUT2D eigenvalue weighted by Gasteiger charge is 2.13. The van der Waals surface area contributed by atoms with Crippen LogP contribution in [0.2, 0.25) is 0 Å². The van der Waals surface area contributed by atoms with Gasteiger partial charge in [0.15, 0.2) is 0 Å². The summed E-state index contributed by atoms with van der Waals surface area (Å²) in [6.07, 6.45) is 1.60. The minimum atomic E-state index is -0.683. The van der Waals surface area contributed by atoms with Gasteiger partial charge in [-0.15, -0.1) is 0 Å². The Bertz CT molecular complexity index is 1320. The minimum absolute atomic E-state index is 0.0897. The van der Waals surface area contributed by atoms with Gasteiger partial charge in [-0.2, -0.15) is 0 Å². The number of nitrogens with one attached hydrogen (secondary N) is 2. The number of carbonyl (C=O) groups is 1. The first-order chi connectivity index (χ1) is 17.9. The van der Waals surface area contributed by atoms with E-state index in [1.54, 1.807) is 36.5 Å². The molecular weight excluding hydrogens is 464 g/mol. The Morgan fingerprint density at radius 1 is 1.00 bits per heavy atom.